The molecule has 0 saturated heterocycles. The highest BCUT2D eigenvalue weighted by atomic mass is 16.5. The van der Waals surface area contributed by atoms with Gasteiger partial charge in [0.05, 0.1) is 18.2 Å². The number of ketones is 1. The molecule has 0 aliphatic carbocycles. The third-order valence-corrected chi connectivity index (χ3v) is 5.75. The van der Waals surface area contributed by atoms with Crippen LogP contribution in [-0.4, -0.2) is 33.3 Å². The number of furan rings is 1. The van der Waals surface area contributed by atoms with Gasteiger partial charge in [0, 0.05) is 18.9 Å². The maximum Gasteiger partial charge on any atom is 0.290 e. The summed E-state index contributed by atoms with van der Waals surface area (Å²) < 4.78 is 11.4. The molecule has 176 valence electrons. The van der Waals surface area contributed by atoms with Gasteiger partial charge in [-0.1, -0.05) is 26.0 Å². The van der Waals surface area contributed by atoms with Crippen molar-refractivity contribution in [3.05, 3.63) is 94.9 Å². The molecule has 1 amide bonds. The van der Waals surface area contributed by atoms with Crippen LogP contribution in [-0.2, 0) is 11.3 Å². The molecule has 1 aliphatic rings. The number of pyridine rings is 1. The van der Waals surface area contributed by atoms with Crippen molar-refractivity contribution in [2.75, 3.05) is 6.61 Å². The minimum absolute atomic E-state index is 0.00673. The zero-order valence-corrected chi connectivity index (χ0v) is 19.5. The van der Waals surface area contributed by atoms with Crippen molar-refractivity contribution in [1.29, 1.82) is 0 Å². The molecule has 0 bridgehead atoms. The third kappa shape index (κ3) is 4.88. The van der Waals surface area contributed by atoms with E-state index < -0.39 is 23.5 Å². The van der Waals surface area contributed by atoms with Crippen LogP contribution in [0.3, 0.4) is 0 Å². The molecule has 4 rings (SSSR count). The van der Waals surface area contributed by atoms with E-state index in [1.54, 1.807) is 43.6 Å². The van der Waals surface area contributed by atoms with Crippen LogP contribution in [0.15, 0.2) is 76.7 Å². The number of nitrogens with zero attached hydrogens (tertiary/aromatic N) is 2. The molecular formula is C27H28N2O5. The number of aryl methyl sites for hydroxylation is 1. The maximum absolute atomic E-state index is 13.4. The number of Topliss-reactive ketones (excluding diaryl/α,β-unsaturated/α-hetero) is 1. The first-order chi connectivity index (χ1) is 16.3. The fourth-order valence-corrected chi connectivity index (χ4v) is 3.96. The lowest BCUT2D eigenvalue weighted by molar-refractivity contribution is -0.130. The summed E-state index contributed by atoms with van der Waals surface area (Å²) in [7, 11) is 0. The van der Waals surface area contributed by atoms with E-state index in [1.165, 1.54) is 4.90 Å². The van der Waals surface area contributed by atoms with Crippen LogP contribution in [0.25, 0.3) is 0 Å². The normalized spacial score (nSPS) is 15.9. The summed E-state index contributed by atoms with van der Waals surface area (Å²) in [6.07, 6.45) is 4.18. The Balaban J connectivity index is 1.73. The molecule has 1 unspecified atom stereocenters. The van der Waals surface area contributed by atoms with E-state index in [9.17, 15) is 14.7 Å². The van der Waals surface area contributed by atoms with Crippen molar-refractivity contribution in [2.24, 2.45) is 5.92 Å². The number of ether oxygens (including phenoxy) is 1. The number of aromatic nitrogens is 1. The average Bonchev–Trinajstić information content (AvgIpc) is 3.36. The highest BCUT2D eigenvalue weighted by Gasteiger charge is 2.44. The summed E-state index contributed by atoms with van der Waals surface area (Å²) >= 11 is 0. The molecule has 1 atom stereocenters. The van der Waals surface area contributed by atoms with Gasteiger partial charge in [0.2, 0.25) is 5.78 Å². The SMILES string of the molecule is Cc1ccc(C(=O)C2=C(O)C(=O)N(Cc3ccncc3)C2c2cccc(OCCC(C)C)c2)o1. The van der Waals surface area contributed by atoms with Gasteiger partial charge >= 0.3 is 0 Å². The van der Waals surface area contributed by atoms with Crippen LogP contribution in [0.4, 0.5) is 0 Å². The van der Waals surface area contributed by atoms with Crippen LogP contribution >= 0.6 is 0 Å². The zero-order valence-electron chi connectivity index (χ0n) is 19.5. The Hall–Kier alpha value is -3.87. The molecule has 1 N–H and O–H groups in total. The molecule has 34 heavy (non-hydrogen) atoms. The summed E-state index contributed by atoms with van der Waals surface area (Å²) in [6, 6.07) is 13.3. The zero-order chi connectivity index (χ0) is 24.2. The fourth-order valence-electron chi connectivity index (χ4n) is 3.96. The Morgan fingerprint density at radius 3 is 2.62 bits per heavy atom. The smallest absolute Gasteiger partial charge is 0.290 e. The summed E-state index contributed by atoms with van der Waals surface area (Å²) in [5, 5.41) is 10.8. The number of amides is 1. The van der Waals surface area contributed by atoms with E-state index in [-0.39, 0.29) is 17.9 Å². The Morgan fingerprint density at radius 2 is 1.94 bits per heavy atom. The van der Waals surface area contributed by atoms with E-state index in [4.69, 9.17) is 9.15 Å². The lowest BCUT2D eigenvalue weighted by atomic mass is 9.94. The van der Waals surface area contributed by atoms with Gasteiger partial charge in [-0.05, 0) is 66.8 Å². The molecule has 1 aromatic carbocycles. The van der Waals surface area contributed by atoms with E-state index in [0.29, 0.717) is 29.6 Å². The standard InChI is InChI=1S/C27H28N2O5/c1-17(2)11-14-33-21-6-4-5-20(15-21)24-23(25(30)22-8-7-18(3)34-22)26(31)27(32)29(24)16-19-9-12-28-13-10-19/h4-10,12-13,15,17,24,31H,11,14,16H2,1-3H3. The summed E-state index contributed by atoms with van der Waals surface area (Å²) in [5.74, 6) is 0.0930. The van der Waals surface area contributed by atoms with Gasteiger partial charge in [0.25, 0.3) is 5.91 Å². The maximum atomic E-state index is 13.4. The molecule has 2 aromatic heterocycles. The minimum Gasteiger partial charge on any atom is -0.503 e. The van der Waals surface area contributed by atoms with E-state index in [2.05, 4.69) is 18.8 Å². The second-order valence-electron chi connectivity index (χ2n) is 8.80. The van der Waals surface area contributed by atoms with Gasteiger partial charge in [0.15, 0.2) is 11.5 Å². The van der Waals surface area contributed by atoms with E-state index in [1.807, 2.05) is 24.3 Å². The Morgan fingerprint density at radius 1 is 1.18 bits per heavy atom. The van der Waals surface area contributed by atoms with E-state index >= 15 is 0 Å². The number of hydrogen-bond donors (Lipinski definition) is 1. The van der Waals surface area contributed by atoms with Gasteiger partial charge in [-0.15, -0.1) is 0 Å². The predicted octanol–water partition coefficient (Wildman–Crippen LogP) is 5.19. The quantitative estimate of drug-likeness (QED) is 0.442. The number of benzene rings is 1. The molecule has 0 spiro atoms. The molecule has 0 fully saturated rings. The van der Waals surface area contributed by atoms with Crippen molar-refractivity contribution >= 4 is 11.7 Å². The Labute approximate surface area is 198 Å². The highest BCUT2D eigenvalue weighted by Crippen LogP contribution is 2.41. The van der Waals surface area contributed by atoms with Crippen LogP contribution in [0.5, 0.6) is 5.75 Å². The predicted molar refractivity (Wildman–Crippen MR) is 126 cm³/mol. The first-order valence-corrected chi connectivity index (χ1v) is 11.3. The number of aliphatic hydroxyl groups is 1. The van der Waals surface area contributed by atoms with Crippen molar-refractivity contribution in [2.45, 2.75) is 39.8 Å². The molecule has 0 saturated carbocycles. The average molecular weight is 461 g/mol. The first-order valence-electron chi connectivity index (χ1n) is 11.3. The van der Waals surface area contributed by atoms with Crippen LogP contribution in [0, 0.1) is 12.8 Å². The highest BCUT2D eigenvalue weighted by molar-refractivity contribution is 6.15. The molecule has 0 radical (unpaired) electrons. The van der Waals surface area contributed by atoms with Crippen molar-refractivity contribution in [1.82, 2.24) is 9.88 Å². The third-order valence-electron chi connectivity index (χ3n) is 5.75. The topological polar surface area (TPSA) is 92.9 Å². The number of carbonyl (C=O) groups is 2. The van der Waals surface area contributed by atoms with Crippen LogP contribution < -0.4 is 4.74 Å². The lowest BCUT2D eigenvalue weighted by Crippen LogP contribution is -2.30. The molecule has 7 heteroatoms. The second kappa shape index (κ2) is 9.95. The number of rotatable bonds is 9. The van der Waals surface area contributed by atoms with Gasteiger partial charge in [-0.3, -0.25) is 14.6 Å². The molecule has 1 aliphatic heterocycles. The van der Waals surface area contributed by atoms with E-state index in [0.717, 1.165) is 12.0 Å². The number of aliphatic hydroxyl groups excluding tert-OH is 1. The number of hydrogen-bond acceptors (Lipinski definition) is 6. The second-order valence-corrected chi connectivity index (χ2v) is 8.80. The minimum atomic E-state index is -0.799. The van der Waals surface area contributed by atoms with Crippen LogP contribution in [0.1, 0.15) is 53.8 Å². The summed E-state index contributed by atoms with van der Waals surface area (Å²) in [5.41, 5.74) is 1.49. The molecule has 7 nitrogen and oxygen atoms in total. The van der Waals surface area contributed by atoms with Crippen molar-refractivity contribution in [3.63, 3.8) is 0 Å². The first kappa shape index (κ1) is 23.3. The van der Waals surface area contributed by atoms with Crippen molar-refractivity contribution in [3.8, 4) is 5.75 Å². The monoisotopic (exact) mass is 460 g/mol. The Bertz CT molecular complexity index is 1210. The molecule has 3 heterocycles. The fraction of sp³-hybridized carbons (Fsp3) is 0.296. The van der Waals surface area contributed by atoms with Crippen LogP contribution in [0.2, 0.25) is 0 Å². The Kier molecular flexibility index (Phi) is 6.82. The largest absolute Gasteiger partial charge is 0.503 e. The van der Waals surface area contributed by atoms with Crippen molar-refractivity contribution < 1.29 is 23.8 Å². The summed E-state index contributed by atoms with van der Waals surface area (Å²) in [6.45, 7) is 6.74. The summed E-state index contributed by atoms with van der Waals surface area (Å²) in [4.78, 5) is 32.1. The van der Waals surface area contributed by atoms with Gasteiger partial charge < -0.3 is 19.2 Å². The molecular weight excluding hydrogens is 432 g/mol. The van der Waals surface area contributed by atoms with Gasteiger partial charge in [0.1, 0.15) is 11.5 Å². The van der Waals surface area contributed by atoms with Gasteiger partial charge in [-0.25, -0.2) is 0 Å². The number of carbonyl (C=O) groups excluding carboxylic acids is 2. The van der Waals surface area contributed by atoms with Gasteiger partial charge in [-0.2, -0.15) is 0 Å². The molecule has 3 aromatic rings. The lowest BCUT2D eigenvalue weighted by Gasteiger charge is -2.27.